The summed E-state index contributed by atoms with van der Waals surface area (Å²) in [4.78, 5) is 15.5. The number of sulfonamides is 1. The Kier molecular flexibility index (Phi) is 7.75. The van der Waals surface area contributed by atoms with Gasteiger partial charge >= 0.3 is 0 Å². The molecule has 0 N–H and O–H groups in total. The zero-order valence-corrected chi connectivity index (χ0v) is 21.3. The van der Waals surface area contributed by atoms with Crippen molar-refractivity contribution in [1.29, 1.82) is 0 Å². The van der Waals surface area contributed by atoms with Crippen LogP contribution in [0.3, 0.4) is 0 Å². The summed E-state index contributed by atoms with van der Waals surface area (Å²) >= 11 is 0.978. The Morgan fingerprint density at radius 1 is 1.06 bits per heavy atom. The molecule has 0 saturated carbocycles. The highest BCUT2D eigenvalue weighted by molar-refractivity contribution is 7.91. The van der Waals surface area contributed by atoms with Crippen molar-refractivity contribution in [2.45, 2.75) is 23.2 Å². The van der Waals surface area contributed by atoms with Crippen molar-refractivity contribution in [1.82, 2.24) is 9.21 Å². The highest BCUT2D eigenvalue weighted by atomic mass is 32.2. The maximum absolute atomic E-state index is 13.6. The molecule has 1 amide bonds. The van der Waals surface area contributed by atoms with Gasteiger partial charge in [0.1, 0.15) is 10.8 Å². The van der Waals surface area contributed by atoms with E-state index in [1.54, 1.807) is 11.0 Å². The van der Waals surface area contributed by atoms with Gasteiger partial charge in [-0.3, -0.25) is 8.98 Å². The lowest BCUT2D eigenvalue weighted by atomic mass is 9.85. The topological polar surface area (TPSA) is 110 Å². The molecule has 0 aliphatic carbocycles. The molecule has 2 aliphatic rings. The molecule has 1 aromatic heterocycles. The highest BCUT2D eigenvalue weighted by Gasteiger charge is 2.40. The van der Waals surface area contributed by atoms with Gasteiger partial charge in [-0.2, -0.15) is 12.7 Å². The molecule has 0 spiro atoms. The van der Waals surface area contributed by atoms with Crippen molar-refractivity contribution in [3.63, 3.8) is 0 Å². The maximum Gasteiger partial charge on any atom is 0.264 e. The van der Waals surface area contributed by atoms with Crippen LogP contribution < -0.4 is 0 Å². The number of benzene rings is 1. The van der Waals surface area contributed by atoms with Crippen LogP contribution in [0.1, 0.15) is 22.8 Å². The number of piperidine rings is 1. The van der Waals surface area contributed by atoms with Crippen LogP contribution in [0.15, 0.2) is 46.7 Å². The first-order valence-electron chi connectivity index (χ1n) is 11.0. The van der Waals surface area contributed by atoms with Crippen LogP contribution in [-0.2, 0) is 40.5 Å². The lowest BCUT2D eigenvalue weighted by Gasteiger charge is -2.39. The SMILES string of the molecule is CS(=O)(=O)OCc1ccc(S(=O)(=O)N2CC(C(=O)N3CCOCC3)CC(c3ccccc3)C2)s1. The largest absolute Gasteiger partial charge is 0.378 e. The molecule has 2 unspecified atom stereocenters. The minimum absolute atomic E-state index is 0.0439. The molecule has 2 aromatic rings. The van der Waals surface area contributed by atoms with Crippen molar-refractivity contribution >= 4 is 37.4 Å². The second-order valence-electron chi connectivity index (χ2n) is 8.49. The third-order valence-corrected chi connectivity index (χ3v) is 9.91. The van der Waals surface area contributed by atoms with E-state index in [0.29, 0.717) is 37.6 Å². The molecule has 3 heterocycles. The zero-order chi connectivity index (χ0) is 24.3. The second kappa shape index (κ2) is 10.4. The van der Waals surface area contributed by atoms with Gasteiger partial charge in [0.05, 0.1) is 25.4 Å². The predicted octanol–water partition coefficient (Wildman–Crippen LogP) is 1.88. The number of carbonyl (C=O) groups is 1. The molecule has 2 saturated heterocycles. The smallest absolute Gasteiger partial charge is 0.264 e. The van der Waals surface area contributed by atoms with Crippen LogP contribution in [0, 0.1) is 5.92 Å². The van der Waals surface area contributed by atoms with Crippen molar-refractivity contribution in [2.75, 3.05) is 45.6 Å². The van der Waals surface area contributed by atoms with E-state index in [-0.39, 0.29) is 35.7 Å². The van der Waals surface area contributed by atoms with Gasteiger partial charge in [-0.25, -0.2) is 8.42 Å². The molecule has 4 rings (SSSR count). The summed E-state index contributed by atoms with van der Waals surface area (Å²) in [6, 6.07) is 12.7. The van der Waals surface area contributed by atoms with E-state index < -0.39 is 26.1 Å². The molecule has 2 atom stereocenters. The molecule has 12 heteroatoms. The summed E-state index contributed by atoms with van der Waals surface area (Å²) in [7, 11) is -7.52. The summed E-state index contributed by atoms with van der Waals surface area (Å²) in [5, 5.41) is 0. The predicted molar refractivity (Wildman–Crippen MR) is 127 cm³/mol. The lowest BCUT2D eigenvalue weighted by molar-refractivity contribution is -0.141. The minimum atomic E-state index is -3.88. The Hall–Kier alpha value is -1.83. The van der Waals surface area contributed by atoms with Crippen molar-refractivity contribution in [2.24, 2.45) is 5.92 Å². The number of hydrogen-bond donors (Lipinski definition) is 0. The quantitative estimate of drug-likeness (QED) is 0.505. The van der Waals surface area contributed by atoms with Crippen LogP contribution in [0.5, 0.6) is 0 Å². The molecular formula is C22H28N2O7S3. The first-order chi connectivity index (χ1) is 16.1. The van der Waals surface area contributed by atoms with E-state index in [2.05, 4.69) is 0 Å². The van der Waals surface area contributed by atoms with Gasteiger partial charge in [0.25, 0.3) is 20.1 Å². The molecule has 0 bridgehead atoms. The Morgan fingerprint density at radius 2 is 1.76 bits per heavy atom. The molecule has 186 valence electrons. The Bertz CT molecular complexity index is 1210. The lowest BCUT2D eigenvalue weighted by Crippen LogP contribution is -2.51. The summed E-state index contributed by atoms with van der Waals surface area (Å²) in [5.74, 6) is -0.620. The minimum Gasteiger partial charge on any atom is -0.378 e. The van der Waals surface area contributed by atoms with Crippen LogP contribution in [0.2, 0.25) is 0 Å². The summed E-state index contributed by atoms with van der Waals surface area (Å²) in [6.07, 6.45) is 1.52. The molecule has 1 aromatic carbocycles. The third kappa shape index (κ3) is 6.04. The van der Waals surface area contributed by atoms with Crippen LogP contribution in [0.25, 0.3) is 0 Å². The highest BCUT2D eigenvalue weighted by Crippen LogP contribution is 2.36. The first-order valence-corrected chi connectivity index (χ1v) is 15.1. The van der Waals surface area contributed by atoms with E-state index in [1.165, 1.54) is 10.4 Å². The fourth-order valence-corrected chi connectivity index (χ4v) is 7.68. The van der Waals surface area contributed by atoms with E-state index in [1.807, 2.05) is 30.3 Å². The van der Waals surface area contributed by atoms with E-state index in [9.17, 15) is 21.6 Å². The van der Waals surface area contributed by atoms with Crippen molar-refractivity contribution in [3.05, 3.63) is 52.9 Å². The Balaban J connectivity index is 1.58. The standard InChI is InChI=1S/C22H28N2O7S3/c1-33(26,27)31-16-20-7-8-21(32-20)34(28,29)24-14-18(17-5-3-2-4-6-17)13-19(15-24)22(25)23-9-11-30-12-10-23/h2-8,18-19H,9-16H2,1H3. The Labute approximate surface area is 204 Å². The maximum atomic E-state index is 13.6. The molecular weight excluding hydrogens is 500 g/mol. The zero-order valence-electron chi connectivity index (χ0n) is 18.8. The van der Waals surface area contributed by atoms with E-state index >= 15 is 0 Å². The average molecular weight is 529 g/mol. The fraction of sp³-hybridized carbons (Fsp3) is 0.500. The van der Waals surface area contributed by atoms with Crippen LogP contribution in [0.4, 0.5) is 0 Å². The first kappa shape index (κ1) is 25.3. The van der Waals surface area contributed by atoms with E-state index in [4.69, 9.17) is 8.92 Å². The van der Waals surface area contributed by atoms with Gasteiger partial charge in [-0.05, 0) is 30.0 Å². The summed E-state index contributed by atoms with van der Waals surface area (Å²) in [5.41, 5.74) is 0.996. The van der Waals surface area contributed by atoms with E-state index in [0.717, 1.165) is 23.2 Å². The number of amides is 1. The third-order valence-electron chi connectivity index (χ3n) is 6.01. The number of ether oxygens (including phenoxy) is 1. The molecule has 2 fully saturated rings. The normalized spacial score (nSPS) is 22.6. The van der Waals surface area contributed by atoms with Gasteiger partial charge in [0.2, 0.25) is 5.91 Å². The van der Waals surface area contributed by atoms with Gasteiger partial charge in [-0.1, -0.05) is 30.3 Å². The van der Waals surface area contributed by atoms with Crippen molar-refractivity contribution < 1.29 is 30.6 Å². The van der Waals surface area contributed by atoms with Crippen LogP contribution in [-0.4, -0.2) is 77.6 Å². The summed E-state index contributed by atoms with van der Waals surface area (Å²) in [6.45, 7) is 2.14. The molecule has 34 heavy (non-hydrogen) atoms. The number of hydrogen-bond acceptors (Lipinski definition) is 8. The summed E-state index contributed by atoms with van der Waals surface area (Å²) < 4.78 is 61.3. The number of rotatable bonds is 7. The van der Waals surface area contributed by atoms with Gasteiger partial charge in [-0.15, -0.1) is 11.3 Å². The van der Waals surface area contributed by atoms with Crippen molar-refractivity contribution in [3.8, 4) is 0 Å². The fourth-order valence-electron chi connectivity index (χ4n) is 4.31. The monoisotopic (exact) mass is 528 g/mol. The number of thiophene rings is 1. The second-order valence-corrected chi connectivity index (χ2v) is 13.5. The average Bonchev–Trinajstić information content (AvgIpc) is 3.33. The van der Waals surface area contributed by atoms with Gasteiger partial charge < -0.3 is 9.64 Å². The number of nitrogens with zero attached hydrogens (tertiary/aromatic N) is 2. The van der Waals surface area contributed by atoms with Gasteiger partial charge in [0.15, 0.2) is 0 Å². The van der Waals surface area contributed by atoms with Gasteiger partial charge in [0, 0.05) is 31.1 Å². The molecule has 2 aliphatic heterocycles. The number of morpholine rings is 1. The Morgan fingerprint density at radius 3 is 2.44 bits per heavy atom. The number of carbonyl (C=O) groups excluding carboxylic acids is 1. The molecule has 9 nitrogen and oxygen atoms in total. The van der Waals surface area contributed by atoms with Crippen LogP contribution >= 0.6 is 11.3 Å². The molecule has 0 radical (unpaired) electrons.